The van der Waals surface area contributed by atoms with E-state index in [1.54, 1.807) is 5.43 Å². The average Bonchev–Trinajstić information content (AvgIpc) is 2.59. The van der Waals surface area contributed by atoms with Crippen LogP contribution in [0.2, 0.25) is 0 Å². The van der Waals surface area contributed by atoms with Gasteiger partial charge in [-0.2, -0.15) is 13.2 Å². The Kier molecular flexibility index (Phi) is 5.25. The highest BCUT2D eigenvalue weighted by molar-refractivity contribution is 7.92. The SMILES string of the molecule is O=C(NNC(=O)c1cccnc1S(=O)(=O)C(F)(F)F)c1ccc(F)cc1. The fraction of sp³-hybridized carbons (Fsp3) is 0.0714. The van der Waals surface area contributed by atoms with Crippen LogP contribution in [0.1, 0.15) is 20.7 Å². The van der Waals surface area contributed by atoms with Gasteiger partial charge in [0.25, 0.3) is 21.7 Å². The molecule has 26 heavy (non-hydrogen) atoms. The maximum atomic E-state index is 12.8. The molecule has 0 aliphatic carbocycles. The molecule has 0 aliphatic heterocycles. The zero-order valence-electron chi connectivity index (χ0n) is 12.5. The van der Waals surface area contributed by atoms with Crippen LogP contribution in [0.15, 0.2) is 47.6 Å². The molecule has 1 aromatic heterocycles. The van der Waals surface area contributed by atoms with Crippen molar-refractivity contribution in [3.8, 4) is 0 Å². The van der Waals surface area contributed by atoms with Gasteiger partial charge < -0.3 is 0 Å². The Balaban J connectivity index is 2.21. The minimum atomic E-state index is -5.87. The molecule has 0 saturated heterocycles. The van der Waals surface area contributed by atoms with Crippen LogP contribution in [0.5, 0.6) is 0 Å². The highest BCUT2D eigenvalue weighted by Crippen LogP contribution is 2.30. The van der Waals surface area contributed by atoms with E-state index in [9.17, 15) is 35.6 Å². The summed E-state index contributed by atoms with van der Waals surface area (Å²) in [4.78, 5) is 26.9. The number of hydrogen-bond acceptors (Lipinski definition) is 5. The Hall–Kier alpha value is -3.02. The van der Waals surface area contributed by atoms with Crippen LogP contribution in [-0.2, 0) is 9.84 Å². The molecule has 0 spiro atoms. The Morgan fingerprint density at radius 2 is 1.54 bits per heavy atom. The zero-order chi connectivity index (χ0) is 19.5. The van der Waals surface area contributed by atoms with Crippen LogP contribution in [-0.4, -0.2) is 30.7 Å². The van der Waals surface area contributed by atoms with Crippen molar-refractivity contribution in [3.63, 3.8) is 0 Å². The number of amides is 2. The van der Waals surface area contributed by atoms with Crippen molar-refractivity contribution >= 4 is 21.7 Å². The quantitative estimate of drug-likeness (QED) is 0.611. The summed E-state index contributed by atoms with van der Waals surface area (Å²) in [6.07, 6.45) is 0.770. The molecule has 2 rings (SSSR count). The molecule has 0 atom stereocenters. The van der Waals surface area contributed by atoms with Gasteiger partial charge >= 0.3 is 5.51 Å². The third-order valence-corrected chi connectivity index (χ3v) is 4.41. The number of benzene rings is 1. The van der Waals surface area contributed by atoms with Crippen molar-refractivity contribution in [1.82, 2.24) is 15.8 Å². The third-order valence-electron chi connectivity index (χ3n) is 2.97. The van der Waals surface area contributed by atoms with Gasteiger partial charge in [0, 0.05) is 11.8 Å². The first-order valence-corrected chi connectivity index (χ1v) is 8.15. The fourth-order valence-electron chi connectivity index (χ4n) is 1.74. The van der Waals surface area contributed by atoms with Crippen LogP contribution in [0, 0.1) is 5.82 Å². The maximum absolute atomic E-state index is 12.8. The Morgan fingerprint density at radius 3 is 2.12 bits per heavy atom. The Morgan fingerprint density at radius 1 is 0.962 bits per heavy atom. The molecule has 12 heteroatoms. The van der Waals surface area contributed by atoms with Crippen LogP contribution < -0.4 is 10.9 Å². The molecule has 0 bridgehead atoms. The summed E-state index contributed by atoms with van der Waals surface area (Å²) >= 11 is 0. The minimum Gasteiger partial charge on any atom is -0.267 e. The first-order chi connectivity index (χ1) is 12.0. The second kappa shape index (κ2) is 7.07. The van der Waals surface area contributed by atoms with Crippen molar-refractivity contribution in [1.29, 1.82) is 0 Å². The highest BCUT2D eigenvalue weighted by Gasteiger charge is 2.49. The second-order valence-electron chi connectivity index (χ2n) is 4.72. The summed E-state index contributed by atoms with van der Waals surface area (Å²) in [5, 5.41) is -1.50. The van der Waals surface area contributed by atoms with Gasteiger partial charge in [0.15, 0.2) is 5.03 Å². The molecule has 0 aliphatic rings. The number of nitrogens with zero attached hydrogens (tertiary/aromatic N) is 1. The monoisotopic (exact) mass is 391 g/mol. The van der Waals surface area contributed by atoms with Crippen molar-refractivity contribution in [2.75, 3.05) is 0 Å². The summed E-state index contributed by atoms with van der Waals surface area (Å²) in [6.45, 7) is 0. The predicted octanol–water partition coefficient (Wildman–Crippen LogP) is 1.59. The van der Waals surface area contributed by atoms with Crippen LogP contribution in [0.3, 0.4) is 0 Å². The van der Waals surface area contributed by atoms with Crippen molar-refractivity contribution in [3.05, 3.63) is 59.5 Å². The van der Waals surface area contributed by atoms with E-state index in [1.807, 2.05) is 5.43 Å². The van der Waals surface area contributed by atoms with Crippen molar-refractivity contribution in [2.45, 2.75) is 10.5 Å². The number of rotatable bonds is 3. The summed E-state index contributed by atoms with van der Waals surface area (Å²) in [6, 6.07) is 6.00. The van der Waals surface area contributed by atoms with Crippen LogP contribution in [0.4, 0.5) is 17.6 Å². The van der Waals surface area contributed by atoms with Gasteiger partial charge in [-0.15, -0.1) is 0 Å². The van der Waals surface area contributed by atoms with E-state index in [0.29, 0.717) is 0 Å². The van der Waals surface area contributed by atoms with Crippen LogP contribution in [0.25, 0.3) is 0 Å². The summed E-state index contributed by atoms with van der Waals surface area (Å²) in [5.41, 5.74) is -2.99. The maximum Gasteiger partial charge on any atom is 0.503 e. The lowest BCUT2D eigenvalue weighted by Gasteiger charge is -2.12. The molecule has 7 nitrogen and oxygen atoms in total. The first-order valence-electron chi connectivity index (χ1n) is 6.66. The number of pyridine rings is 1. The molecule has 1 aromatic carbocycles. The smallest absolute Gasteiger partial charge is 0.267 e. The van der Waals surface area contributed by atoms with Gasteiger partial charge in [-0.3, -0.25) is 20.4 Å². The lowest BCUT2D eigenvalue weighted by molar-refractivity contribution is -0.0438. The van der Waals surface area contributed by atoms with Crippen molar-refractivity contribution < 1.29 is 35.6 Å². The van der Waals surface area contributed by atoms with E-state index in [2.05, 4.69) is 4.98 Å². The molecule has 2 amide bonds. The number of hydrazine groups is 1. The standard InChI is InChI=1S/C14H9F4N3O4S/c15-9-5-3-8(4-6-9)11(22)20-21-12(23)10-2-1-7-19-13(10)26(24,25)14(16,17)18/h1-7H,(H,20,22)(H,21,23). The Labute approximate surface area is 143 Å². The number of aromatic nitrogens is 1. The molecule has 0 saturated carbocycles. The van der Waals surface area contributed by atoms with E-state index >= 15 is 0 Å². The Bertz CT molecular complexity index is 943. The lowest BCUT2D eigenvalue weighted by atomic mass is 10.2. The van der Waals surface area contributed by atoms with E-state index in [-0.39, 0.29) is 5.56 Å². The molecular formula is C14H9F4N3O4S. The lowest BCUT2D eigenvalue weighted by Crippen LogP contribution is -2.42. The molecule has 138 valence electrons. The van der Waals surface area contributed by atoms with Crippen molar-refractivity contribution in [2.24, 2.45) is 0 Å². The largest absolute Gasteiger partial charge is 0.503 e. The molecule has 0 unspecified atom stereocenters. The topological polar surface area (TPSA) is 105 Å². The van der Waals surface area contributed by atoms with E-state index in [0.717, 1.165) is 42.6 Å². The number of carbonyl (C=O) groups excluding carboxylic acids is 2. The molecule has 0 fully saturated rings. The fourth-order valence-corrected chi connectivity index (χ4v) is 2.61. The van der Waals surface area contributed by atoms with Gasteiger partial charge in [-0.05, 0) is 36.4 Å². The zero-order valence-corrected chi connectivity index (χ0v) is 13.4. The highest BCUT2D eigenvalue weighted by atomic mass is 32.2. The number of sulfone groups is 1. The minimum absolute atomic E-state index is 0.0546. The second-order valence-corrected chi connectivity index (χ2v) is 6.58. The number of halogens is 4. The first kappa shape index (κ1) is 19.3. The molecule has 2 N–H and O–H groups in total. The summed E-state index contributed by atoms with van der Waals surface area (Å²) in [7, 11) is -5.87. The third kappa shape index (κ3) is 3.96. The van der Waals surface area contributed by atoms with E-state index in [4.69, 9.17) is 0 Å². The molecule has 2 aromatic rings. The van der Waals surface area contributed by atoms with E-state index < -0.39 is 43.6 Å². The number of alkyl halides is 3. The van der Waals surface area contributed by atoms with Crippen LogP contribution >= 0.6 is 0 Å². The van der Waals surface area contributed by atoms with Gasteiger partial charge in [0.2, 0.25) is 0 Å². The number of nitrogens with one attached hydrogen (secondary N) is 2. The number of hydrogen-bond donors (Lipinski definition) is 2. The van der Waals surface area contributed by atoms with E-state index in [1.165, 1.54) is 0 Å². The molecule has 1 heterocycles. The number of carbonyl (C=O) groups is 2. The van der Waals surface area contributed by atoms with Gasteiger partial charge in [-0.25, -0.2) is 17.8 Å². The van der Waals surface area contributed by atoms with Gasteiger partial charge in [-0.1, -0.05) is 0 Å². The average molecular weight is 391 g/mol. The molecular weight excluding hydrogens is 382 g/mol. The normalized spacial score (nSPS) is 11.7. The summed E-state index contributed by atoms with van der Waals surface area (Å²) < 4.78 is 73.8. The predicted molar refractivity (Wildman–Crippen MR) is 78.8 cm³/mol. The van der Waals surface area contributed by atoms with Gasteiger partial charge in [0.05, 0.1) is 5.56 Å². The molecule has 0 radical (unpaired) electrons. The van der Waals surface area contributed by atoms with Gasteiger partial charge in [0.1, 0.15) is 5.82 Å². The summed E-state index contributed by atoms with van der Waals surface area (Å²) in [5.74, 6) is -2.85.